The Kier molecular flexibility index (Phi) is 5.91. The van der Waals surface area contributed by atoms with Crippen molar-refractivity contribution in [2.45, 2.75) is 31.7 Å². The number of ether oxygens (including phenoxy) is 1. The molecule has 1 amide bonds. The summed E-state index contributed by atoms with van der Waals surface area (Å²) in [7, 11) is 0. The van der Waals surface area contributed by atoms with Crippen LogP contribution in [0.1, 0.15) is 31.5 Å². The van der Waals surface area contributed by atoms with E-state index in [1.165, 1.54) is 0 Å². The molecule has 6 heteroatoms. The normalized spacial score (nSPS) is 18.2. The van der Waals surface area contributed by atoms with Gasteiger partial charge in [-0.05, 0) is 62.7 Å². The maximum Gasteiger partial charge on any atom is 0.241 e. The van der Waals surface area contributed by atoms with Crippen LogP contribution in [0.3, 0.4) is 0 Å². The van der Waals surface area contributed by atoms with E-state index in [1.54, 1.807) is 6.20 Å². The van der Waals surface area contributed by atoms with Gasteiger partial charge in [0.1, 0.15) is 17.3 Å². The number of piperidine rings is 1. The lowest BCUT2D eigenvalue weighted by molar-refractivity contribution is -0.121. The lowest BCUT2D eigenvalue weighted by atomic mass is 9.96. The number of rotatable bonds is 6. The van der Waals surface area contributed by atoms with E-state index in [4.69, 9.17) is 4.74 Å². The first-order valence-corrected chi connectivity index (χ1v) is 10.1. The zero-order chi connectivity index (χ0) is 20.1. The molecular weight excluding hydrogens is 364 g/mol. The molecule has 0 bridgehead atoms. The van der Waals surface area contributed by atoms with Crippen molar-refractivity contribution in [1.82, 2.24) is 14.9 Å². The van der Waals surface area contributed by atoms with Crippen molar-refractivity contribution in [3.63, 3.8) is 0 Å². The Balaban J connectivity index is 1.33. The second-order valence-corrected chi connectivity index (χ2v) is 7.41. The number of nitrogens with zero attached hydrogens (tertiary/aromatic N) is 2. The number of aromatic amines is 1. The third-order valence-corrected chi connectivity index (χ3v) is 5.39. The van der Waals surface area contributed by atoms with Crippen molar-refractivity contribution in [3.8, 4) is 11.5 Å². The van der Waals surface area contributed by atoms with Gasteiger partial charge in [-0.2, -0.15) is 0 Å². The lowest BCUT2D eigenvalue weighted by Crippen LogP contribution is -2.46. The van der Waals surface area contributed by atoms with Crippen molar-refractivity contribution in [1.29, 1.82) is 0 Å². The van der Waals surface area contributed by atoms with Crippen LogP contribution in [0.5, 0.6) is 11.5 Å². The number of hydrogen-bond acceptors (Lipinski definition) is 4. The molecule has 1 aromatic heterocycles. The third-order valence-electron chi connectivity index (χ3n) is 5.39. The van der Waals surface area contributed by atoms with Gasteiger partial charge in [0.05, 0.1) is 6.04 Å². The summed E-state index contributed by atoms with van der Waals surface area (Å²) in [5, 5.41) is 3.02. The number of H-pyrrole nitrogens is 1. The number of carbonyl (C=O) groups excluding carboxylic acids is 1. The molecule has 1 aliphatic rings. The van der Waals surface area contributed by atoms with Crippen molar-refractivity contribution in [3.05, 3.63) is 72.8 Å². The van der Waals surface area contributed by atoms with Gasteiger partial charge in [0.2, 0.25) is 5.91 Å². The summed E-state index contributed by atoms with van der Waals surface area (Å²) in [5.41, 5.74) is 0.766. The fourth-order valence-corrected chi connectivity index (χ4v) is 3.73. The molecule has 0 aliphatic carbocycles. The molecule has 4 rings (SSSR count). The summed E-state index contributed by atoms with van der Waals surface area (Å²) in [6, 6.07) is 16.9. The van der Waals surface area contributed by atoms with Crippen LogP contribution in [-0.2, 0) is 4.79 Å². The van der Waals surface area contributed by atoms with Gasteiger partial charge in [-0.25, -0.2) is 4.98 Å². The summed E-state index contributed by atoms with van der Waals surface area (Å²) < 4.78 is 5.80. The van der Waals surface area contributed by atoms with E-state index in [0.29, 0.717) is 5.92 Å². The van der Waals surface area contributed by atoms with Crippen molar-refractivity contribution >= 4 is 11.6 Å². The average Bonchev–Trinajstić information content (AvgIpc) is 3.30. The Bertz CT molecular complexity index is 910. The van der Waals surface area contributed by atoms with Gasteiger partial charge in [0.15, 0.2) is 0 Å². The second kappa shape index (κ2) is 8.92. The largest absolute Gasteiger partial charge is 0.457 e. The zero-order valence-electron chi connectivity index (χ0n) is 16.5. The van der Waals surface area contributed by atoms with Crippen LogP contribution in [0.2, 0.25) is 0 Å². The molecule has 2 N–H and O–H groups in total. The third kappa shape index (κ3) is 4.84. The molecule has 0 radical (unpaired) electrons. The zero-order valence-corrected chi connectivity index (χ0v) is 16.5. The van der Waals surface area contributed by atoms with Gasteiger partial charge in [-0.3, -0.25) is 9.69 Å². The highest BCUT2D eigenvalue weighted by Crippen LogP contribution is 2.26. The van der Waals surface area contributed by atoms with Crippen LogP contribution < -0.4 is 10.1 Å². The second-order valence-electron chi connectivity index (χ2n) is 7.41. The number of aromatic nitrogens is 2. The molecule has 2 heterocycles. The van der Waals surface area contributed by atoms with Crippen LogP contribution in [0.25, 0.3) is 0 Å². The van der Waals surface area contributed by atoms with Gasteiger partial charge in [0, 0.05) is 30.5 Å². The number of amides is 1. The number of benzene rings is 2. The molecule has 1 saturated heterocycles. The first kappa shape index (κ1) is 19.2. The molecule has 1 fully saturated rings. The highest BCUT2D eigenvalue weighted by molar-refractivity contribution is 5.94. The molecular formula is C23H26N4O2. The SMILES string of the molecule is C[C@H](C(=O)Nc1ccc(Oc2ccccc2)cc1)N1CCC[C@@H](c2ncc[nH]2)C1. The van der Waals surface area contributed by atoms with E-state index in [9.17, 15) is 4.79 Å². The van der Waals surface area contributed by atoms with E-state index in [0.717, 1.165) is 48.9 Å². The van der Waals surface area contributed by atoms with Gasteiger partial charge in [0.25, 0.3) is 0 Å². The van der Waals surface area contributed by atoms with Gasteiger partial charge < -0.3 is 15.0 Å². The Morgan fingerprint density at radius 3 is 2.66 bits per heavy atom. The van der Waals surface area contributed by atoms with E-state index < -0.39 is 0 Å². The molecule has 2 atom stereocenters. The Morgan fingerprint density at radius 1 is 1.17 bits per heavy atom. The van der Waals surface area contributed by atoms with Crippen molar-refractivity contribution in [2.24, 2.45) is 0 Å². The van der Waals surface area contributed by atoms with E-state index in [1.807, 2.05) is 67.7 Å². The van der Waals surface area contributed by atoms with Crippen LogP contribution in [0.4, 0.5) is 5.69 Å². The van der Waals surface area contributed by atoms with Crippen LogP contribution in [0, 0.1) is 0 Å². The minimum absolute atomic E-state index is 0.00169. The fraction of sp³-hybridized carbons (Fsp3) is 0.304. The molecule has 1 aliphatic heterocycles. The highest BCUT2D eigenvalue weighted by Gasteiger charge is 2.29. The maximum absolute atomic E-state index is 12.8. The number of para-hydroxylation sites is 1. The molecule has 0 spiro atoms. The first-order valence-electron chi connectivity index (χ1n) is 10.1. The fourth-order valence-electron chi connectivity index (χ4n) is 3.73. The van der Waals surface area contributed by atoms with E-state index >= 15 is 0 Å². The minimum atomic E-state index is -0.201. The number of anilines is 1. The number of carbonyl (C=O) groups is 1. The number of imidazole rings is 1. The van der Waals surface area contributed by atoms with Crippen LogP contribution in [-0.4, -0.2) is 39.9 Å². The summed E-state index contributed by atoms with van der Waals surface area (Å²) in [6.07, 6.45) is 5.81. The molecule has 3 aromatic rings. The van der Waals surface area contributed by atoms with Crippen LogP contribution in [0.15, 0.2) is 67.0 Å². The Morgan fingerprint density at radius 2 is 1.93 bits per heavy atom. The quantitative estimate of drug-likeness (QED) is 0.654. The van der Waals surface area contributed by atoms with E-state index in [-0.39, 0.29) is 11.9 Å². The predicted molar refractivity (Wildman–Crippen MR) is 113 cm³/mol. The minimum Gasteiger partial charge on any atom is -0.457 e. The molecule has 29 heavy (non-hydrogen) atoms. The standard InChI is InChI=1S/C23H26N4O2/c1-17(27-15-5-6-18(16-27)22-24-13-14-25-22)23(28)26-19-9-11-21(12-10-19)29-20-7-3-2-4-8-20/h2-4,7-14,17-18H,5-6,15-16H2,1H3,(H,24,25)(H,26,28)/t17-,18-/m1/s1. The lowest BCUT2D eigenvalue weighted by Gasteiger charge is -2.35. The Labute approximate surface area is 170 Å². The molecule has 0 saturated carbocycles. The summed E-state index contributed by atoms with van der Waals surface area (Å²) in [5.74, 6) is 2.88. The molecule has 6 nitrogen and oxygen atoms in total. The monoisotopic (exact) mass is 390 g/mol. The Hall–Kier alpha value is -3.12. The summed E-state index contributed by atoms with van der Waals surface area (Å²) in [4.78, 5) is 22.6. The average molecular weight is 390 g/mol. The van der Waals surface area contributed by atoms with Crippen LogP contribution >= 0.6 is 0 Å². The number of likely N-dealkylation sites (tertiary alicyclic amines) is 1. The maximum atomic E-state index is 12.8. The van der Waals surface area contributed by atoms with Crippen molar-refractivity contribution < 1.29 is 9.53 Å². The molecule has 0 unspecified atom stereocenters. The van der Waals surface area contributed by atoms with Gasteiger partial charge in [-0.15, -0.1) is 0 Å². The highest BCUT2D eigenvalue weighted by atomic mass is 16.5. The predicted octanol–water partition coefficient (Wildman–Crippen LogP) is 4.41. The van der Waals surface area contributed by atoms with Gasteiger partial charge in [-0.1, -0.05) is 18.2 Å². The smallest absolute Gasteiger partial charge is 0.241 e. The van der Waals surface area contributed by atoms with E-state index in [2.05, 4.69) is 20.2 Å². The topological polar surface area (TPSA) is 70.2 Å². The number of nitrogens with one attached hydrogen (secondary N) is 2. The molecule has 2 aromatic carbocycles. The number of hydrogen-bond donors (Lipinski definition) is 2. The first-order chi connectivity index (χ1) is 14.2. The summed E-state index contributed by atoms with van der Waals surface area (Å²) in [6.45, 7) is 3.73. The summed E-state index contributed by atoms with van der Waals surface area (Å²) >= 11 is 0. The molecule has 150 valence electrons. The van der Waals surface area contributed by atoms with Gasteiger partial charge >= 0.3 is 0 Å². The van der Waals surface area contributed by atoms with Crippen molar-refractivity contribution in [2.75, 3.05) is 18.4 Å².